The minimum Gasteiger partial charge on any atom is -0.399 e. The van der Waals surface area contributed by atoms with Crippen LogP contribution in [-0.4, -0.2) is 51.5 Å². The van der Waals surface area contributed by atoms with E-state index in [4.69, 9.17) is 28.9 Å². The van der Waals surface area contributed by atoms with Crippen molar-refractivity contribution in [3.63, 3.8) is 0 Å². The predicted octanol–water partition coefficient (Wildman–Crippen LogP) is 10.4. The lowest BCUT2D eigenvalue weighted by molar-refractivity contribution is -0.259. The first kappa shape index (κ1) is 49.9. The second-order valence-electron chi connectivity index (χ2n) is 13.3. The van der Waals surface area contributed by atoms with Crippen molar-refractivity contribution in [2.24, 2.45) is 0 Å². The standard InChI is InChI=1S/C18H18BrClF3NO3S.C18H20ClF3N2O3S.CH4/c1-11(2)24(28(26,27)16-10-13(19)6-9-15(16)20)14-7-4-12(5-8-14)17(3,25)18(21,22)23;1-11(2)24(28(26,27)16-10-13(23)6-9-15(16)19)14-7-4-12(5-8-14)17(3,25)18(20,21)22;/h4-11,25H,1-3H3;4-11,25H,23H2,1-3H3;1H4. The highest BCUT2D eigenvalue weighted by Crippen LogP contribution is 2.41. The Morgan fingerprint density at radius 1 is 0.614 bits per heavy atom. The quantitative estimate of drug-likeness (QED) is 0.106. The van der Waals surface area contributed by atoms with Gasteiger partial charge in [0.15, 0.2) is 11.2 Å². The normalized spacial score (nSPS) is 14.5. The summed E-state index contributed by atoms with van der Waals surface area (Å²) in [7, 11) is -8.24. The van der Waals surface area contributed by atoms with Crippen molar-refractivity contribution in [1.82, 2.24) is 0 Å². The van der Waals surface area contributed by atoms with Crippen LogP contribution in [0.1, 0.15) is 60.1 Å². The number of rotatable bonds is 10. The molecule has 20 heteroatoms. The van der Waals surface area contributed by atoms with Gasteiger partial charge in [0, 0.05) is 22.2 Å². The smallest absolute Gasteiger partial charge is 0.399 e. The highest BCUT2D eigenvalue weighted by atomic mass is 79.9. The van der Waals surface area contributed by atoms with Crippen molar-refractivity contribution in [3.05, 3.63) is 111 Å². The second kappa shape index (κ2) is 17.9. The summed E-state index contributed by atoms with van der Waals surface area (Å²) < 4.78 is 133. The number of anilines is 3. The molecule has 0 bridgehead atoms. The maximum Gasteiger partial charge on any atom is 0.421 e. The summed E-state index contributed by atoms with van der Waals surface area (Å²) >= 11 is 15.3. The molecule has 0 aliphatic rings. The van der Waals surface area contributed by atoms with E-state index >= 15 is 0 Å². The van der Waals surface area contributed by atoms with Crippen LogP contribution in [-0.2, 0) is 31.2 Å². The molecule has 0 amide bonds. The van der Waals surface area contributed by atoms with Crippen LogP contribution in [0.4, 0.5) is 43.4 Å². The molecule has 0 aromatic heterocycles. The van der Waals surface area contributed by atoms with Crippen molar-refractivity contribution < 1.29 is 53.4 Å². The van der Waals surface area contributed by atoms with Crippen molar-refractivity contribution in [2.75, 3.05) is 14.3 Å². The average molecular weight is 954 g/mol. The Morgan fingerprint density at radius 2 is 0.930 bits per heavy atom. The van der Waals surface area contributed by atoms with Crippen LogP contribution in [0.25, 0.3) is 0 Å². The number of nitrogens with zero attached hydrogens (tertiary/aromatic N) is 2. The number of hydrogen-bond acceptors (Lipinski definition) is 7. The van der Waals surface area contributed by atoms with E-state index in [9.17, 15) is 53.4 Å². The lowest BCUT2D eigenvalue weighted by Crippen LogP contribution is -2.39. The van der Waals surface area contributed by atoms with Gasteiger partial charge in [-0.3, -0.25) is 8.61 Å². The van der Waals surface area contributed by atoms with Gasteiger partial charge in [-0.1, -0.05) is 70.8 Å². The molecule has 0 saturated carbocycles. The maximum absolute atomic E-state index is 13.2. The summed E-state index contributed by atoms with van der Waals surface area (Å²) in [6.45, 7) is 7.74. The van der Waals surface area contributed by atoms with Crippen LogP contribution < -0.4 is 14.3 Å². The zero-order valence-corrected chi connectivity index (χ0v) is 35.2. The van der Waals surface area contributed by atoms with Crippen molar-refractivity contribution in [1.29, 1.82) is 0 Å². The van der Waals surface area contributed by atoms with Gasteiger partial charge in [-0.25, -0.2) is 16.8 Å². The van der Waals surface area contributed by atoms with E-state index in [1.54, 1.807) is 33.8 Å². The predicted molar refractivity (Wildman–Crippen MR) is 215 cm³/mol. The van der Waals surface area contributed by atoms with Crippen molar-refractivity contribution in [3.8, 4) is 0 Å². The van der Waals surface area contributed by atoms with E-state index in [1.165, 1.54) is 54.6 Å². The number of sulfonamides is 2. The molecule has 316 valence electrons. The summed E-state index contributed by atoms with van der Waals surface area (Å²) in [5.74, 6) is 0. The largest absolute Gasteiger partial charge is 0.421 e. The van der Waals surface area contributed by atoms with Gasteiger partial charge in [0.2, 0.25) is 0 Å². The maximum atomic E-state index is 13.2. The summed E-state index contributed by atoms with van der Waals surface area (Å²) in [4.78, 5) is -0.349. The van der Waals surface area contributed by atoms with Crippen LogP contribution in [0.2, 0.25) is 10.0 Å². The van der Waals surface area contributed by atoms with Gasteiger partial charge in [-0.2, -0.15) is 26.3 Å². The van der Waals surface area contributed by atoms with E-state index in [2.05, 4.69) is 15.9 Å². The molecular weight excluding hydrogens is 911 g/mol. The van der Waals surface area contributed by atoms with Gasteiger partial charge in [0.1, 0.15) is 9.79 Å². The Hall–Kier alpha value is -3.26. The van der Waals surface area contributed by atoms with E-state index < -0.39 is 66.8 Å². The van der Waals surface area contributed by atoms with Crippen molar-refractivity contribution >= 4 is 76.2 Å². The SMILES string of the molecule is C.CC(C)N(c1ccc(C(C)(O)C(F)(F)F)cc1)S(=O)(=O)c1cc(Br)ccc1Cl.CC(C)N(c1ccc(C(C)(O)C(F)(F)F)cc1)S(=O)(=O)c1cc(N)ccc1Cl. The van der Waals surface area contributed by atoms with Crippen LogP contribution in [0.3, 0.4) is 0 Å². The first-order valence-corrected chi connectivity index (χ1v) is 20.7. The molecule has 0 radical (unpaired) electrons. The molecule has 57 heavy (non-hydrogen) atoms. The number of hydrogen-bond donors (Lipinski definition) is 3. The van der Waals surface area contributed by atoms with E-state index in [-0.39, 0.29) is 44.3 Å². The van der Waals surface area contributed by atoms with Gasteiger partial charge in [0.25, 0.3) is 20.0 Å². The highest BCUT2D eigenvalue weighted by molar-refractivity contribution is 9.10. The number of aliphatic hydroxyl groups is 2. The second-order valence-corrected chi connectivity index (χ2v) is 18.6. The number of alkyl halides is 6. The van der Waals surface area contributed by atoms with Gasteiger partial charge < -0.3 is 15.9 Å². The highest BCUT2D eigenvalue weighted by Gasteiger charge is 2.52. The van der Waals surface area contributed by atoms with Crippen LogP contribution in [0.15, 0.2) is 99.2 Å². The molecule has 2 atom stereocenters. The lowest BCUT2D eigenvalue weighted by atomic mass is 9.95. The first-order chi connectivity index (χ1) is 25.4. The first-order valence-electron chi connectivity index (χ1n) is 16.3. The number of benzene rings is 4. The molecule has 4 rings (SSSR count). The van der Waals surface area contributed by atoms with E-state index in [1.807, 2.05) is 0 Å². The molecule has 4 aromatic rings. The fraction of sp³-hybridized carbons (Fsp3) is 0.351. The van der Waals surface area contributed by atoms with Crippen LogP contribution >= 0.6 is 39.1 Å². The molecule has 0 saturated heterocycles. The van der Waals surface area contributed by atoms with Crippen molar-refractivity contribution in [2.45, 2.75) is 94.4 Å². The molecule has 9 nitrogen and oxygen atoms in total. The number of nitrogen functional groups attached to an aromatic ring is 1. The Kier molecular flexibility index (Phi) is 15.7. The molecule has 0 spiro atoms. The third kappa shape index (κ3) is 10.7. The molecule has 0 fully saturated rings. The minimum atomic E-state index is -4.88. The molecule has 0 heterocycles. The Bertz CT molecular complexity index is 2080. The fourth-order valence-corrected chi connectivity index (χ4v) is 10.1. The summed E-state index contributed by atoms with van der Waals surface area (Å²) in [6, 6.07) is 16.3. The summed E-state index contributed by atoms with van der Waals surface area (Å²) in [6.07, 6.45) is -9.75. The fourth-order valence-electron chi connectivity index (χ4n) is 5.23. The minimum absolute atomic E-state index is 0. The molecule has 0 aliphatic heterocycles. The number of halogens is 9. The lowest BCUT2D eigenvalue weighted by Gasteiger charge is -2.30. The molecule has 4 N–H and O–H groups in total. The topological polar surface area (TPSA) is 141 Å². The summed E-state index contributed by atoms with van der Waals surface area (Å²) in [5.41, 5.74) is -0.793. The Morgan fingerprint density at radius 3 is 1.25 bits per heavy atom. The van der Waals surface area contributed by atoms with Gasteiger partial charge in [-0.05, 0) is 113 Å². The zero-order valence-electron chi connectivity index (χ0n) is 30.5. The van der Waals surface area contributed by atoms with Gasteiger partial charge in [-0.15, -0.1) is 0 Å². The number of nitrogens with two attached hydrogens (primary N) is 1. The summed E-state index contributed by atoms with van der Waals surface area (Å²) in [5, 5.41) is 19.6. The van der Waals surface area contributed by atoms with E-state index in [0.717, 1.165) is 32.9 Å². The monoisotopic (exact) mass is 951 g/mol. The molecule has 4 aromatic carbocycles. The van der Waals surface area contributed by atoms with Crippen LogP contribution in [0, 0.1) is 0 Å². The third-order valence-corrected chi connectivity index (χ3v) is 13.8. The van der Waals surface area contributed by atoms with Gasteiger partial charge >= 0.3 is 12.4 Å². The average Bonchev–Trinajstić information content (AvgIpc) is 3.06. The molecule has 0 aliphatic carbocycles. The third-order valence-electron chi connectivity index (χ3n) is 8.33. The molecule has 2 unspecified atom stereocenters. The van der Waals surface area contributed by atoms with E-state index in [0.29, 0.717) is 18.3 Å². The zero-order chi connectivity index (χ0) is 43.0. The van der Waals surface area contributed by atoms with Gasteiger partial charge in [0.05, 0.1) is 21.4 Å². The molecular formula is C37H42BrCl2F6N3O6S2. The Labute approximate surface area is 347 Å². The Balaban J connectivity index is 0.000000387. The van der Waals surface area contributed by atoms with Crippen LogP contribution in [0.5, 0.6) is 0 Å².